The molecule has 0 spiro atoms. The minimum absolute atomic E-state index is 0.0395. The number of methoxy groups -OCH3 is 1. The second kappa shape index (κ2) is 11.2. The zero-order chi connectivity index (χ0) is 22.1. The maximum absolute atomic E-state index is 12.7. The van der Waals surface area contributed by atoms with E-state index in [0.29, 0.717) is 44.8 Å². The maximum atomic E-state index is 12.7. The number of hydrogen-bond acceptors (Lipinski definition) is 5. The summed E-state index contributed by atoms with van der Waals surface area (Å²) in [6, 6.07) is 14.1. The summed E-state index contributed by atoms with van der Waals surface area (Å²) in [6.07, 6.45) is 3.95. The van der Waals surface area contributed by atoms with E-state index in [2.05, 4.69) is 5.32 Å². The van der Waals surface area contributed by atoms with Gasteiger partial charge in [0.25, 0.3) is 0 Å². The lowest BCUT2D eigenvalue weighted by molar-refractivity contribution is -0.121. The lowest BCUT2D eigenvalue weighted by Crippen LogP contribution is -2.35. The van der Waals surface area contributed by atoms with Gasteiger partial charge >= 0.3 is 0 Å². The summed E-state index contributed by atoms with van der Waals surface area (Å²) in [7, 11) is -1.81. The molecule has 1 heterocycles. The molecule has 0 unspecified atom stereocenters. The average Bonchev–Trinajstić information content (AvgIpc) is 2.81. The molecule has 8 heteroatoms. The van der Waals surface area contributed by atoms with Crippen LogP contribution >= 0.6 is 0 Å². The van der Waals surface area contributed by atoms with Crippen LogP contribution < -0.4 is 14.8 Å². The quantitative estimate of drug-likeness (QED) is 0.567. The molecule has 0 saturated carbocycles. The van der Waals surface area contributed by atoms with Gasteiger partial charge in [-0.25, -0.2) is 8.42 Å². The zero-order valence-electron chi connectivity index (χ0n) is 17.9. The van der Waals surface area contributed by atoms with Crippen molar-refractivity contribution >= 4 is 15.9 Å². The number of piperidine rings is 1. The van der Waals surface area contributed by atoms with Crippen LogP contribution in [0.25, 0.3) is 0 Å². The first-order valence-electron chi connectivity index (χ1n) is 10.6. The Morgan fingerprint density at radius 3 is 2.26 bits per heavy atom. The van der Waals surface area contributed by atoms with Crippen molar-refractivity contribution in [3.63, 3.8) is 0 Å². The number of benzene rings is 2. The van der Waals surface area contributed by atoms with E-state index in [4.69, 9.17) is 9.47 Å². The van der Waals surface area contributed by atoms with Gasteiger partial charge in [0.1, 0.15) is 18.1 Å². The number of nitrogens with one attached hydrogen (secondary N) is 1. The SMILES string of the molecule is COc1ccc(CCC(=O)NCCOc2ccc(S(=O)(=O)N3CCCCC3)cc2)cc1. The monoisotopic (exact) mass is 446 g/mol. The second-order valence-corrected chi connectivity index (χ2v) is 9.42. The number of rotatable bonds is 10. The second-order valence-electron chi connectivity index (χ2n) is 7.48. The van der Waals surface area contributed by atoms with Gasteiger partial charge in [-0.05, 0) is 61.2 Å². The molecule has 1 aliphatic heterocycles. The molecular weight excluding hydrogens is 416 g/mol. The lowest BCUT2D eigenvalue weighted by Gasteiger charge is -2.25. The van der Waals surface area contributed by atoms with Gasteiger partial charge in [-0.15, -0.1) is 0 Å². The van der Waals surface area contributed by atoms with Gasteiger partial charge in [-0.1, -0.05) is 18.6 Å². The predicted molar refractivity (Wildman–Crippen MR) is 119 cm³/mol. The third-order valence-electron chi connectivity index (χ3n) is 5.27. The standard InChI is InChI=1S/C23H30N2O5S/c1-29-20-8-5-19(6-9-20)7-14-23(26)24-15-18-30-21-10-12-22(13-11-21)31(27,28)25-16-3-2-4-17-25/h5-6,8-13H,2-4,7,14-18H2,1H3,(H,24,26). The van der Waals surface area contributed by atoms with Crippen molar-refractivity contribution in [2.24, 2.45) is 0 Å². The predicted octanol–water partition coefficient (Wildman–Crippen LogP) is 3.00. The number of aryl methyl sites for hydroxylation is 1. The lowest BCUT2D eigenvalue weighted by atomic mass is 10.1. The summed E-state index contributed by atoms with van der Waals surface area (Å²) in [5.41, 5.74) is 1.08. The molecule has 1 saturated heterocycles. The van der Waals surface area contributed by atoms with Gasteiger partial charge in [-0.2, -0.15) is 4.31 Å². The van der Waals surface area contributed by atoms with Crippen molar-refractivity contribution in [2.45, 2.75) is 37.0 Å². The van der Waals surface area contributed by atoms with Gasteiger partial charge < -0.3 is 14.8 Å². The molecule has 31 heavy (non-hydrogen) atoms. The Morgan fingerprint density at radius 2 is 1.61 bits per heavy atom. The van der Waals surface area contributed by atoms with Crippen LogP contribution in [0.3, 0.4) is 0 Å². The Labute approximate surface area is 184 Å². The molecule has 168 valence electrons. The van der Waals surface area contributed by atoms with E-state index in [-0.39, 0.29) is 10.8 Å². The molecule has 0 aromatic heterocycles. The topological polar surface area (TPSA) is 84.9 Å². The molecule has 1 amide bonds. The van der Waals surface area contributed by atoms with E-state index in [1.54, 1.807) is 35.7 Å². The van der Waals surface area contributed by atoms with Gasteiger partial charge in [0.2, 0.25) is 15.9 Å². The highest BCUT2D eigenvalue weighted by Crippen LogP contribution is 2.22. The molecule has 3 rings (SSSR count). The third kappa shape index (κ3) is 6.70. The minimum Gasteiger partial charge on any atom is -0.497 e. The van der Waals surface area contributed by atoms with E-state index in [9.17, 15) is 13.2 Å². The average molecular weight is 447 g/mol. The van der Waals surface area contributed by atoms with Crippen LogP contribution in [-0.4, -0.2) is 52.0 Å². The number of amides is 1. The summed E-state index contributed by atoms with van der Waals surface area (Å²) < 4.78 is 37.6. The number of nitrogens with zero attached hydrogens (tertiary/aromatic N) is 1. The highest BCUT2D eigenvalue weighted by atomic mass is 32.2. The smallest absolute Gasteiger partial charge is 0.243 e. The molecule has 0 aliphatic carbocycles. The number of ether oxygens (including phenoxy) is 2. The van der Waals surface area contributed by atoms with E-state index in [1.165, 1.54) is 0 Å². The van der Waals surface area contributed by atoms with Crippen LogP contribution in [0.4, 0.5) is 0 Å². The summed E-state index contributed by atoms with van der Waals surface area (Å²) in [4.78, 5) is 12.3. The van der Waals surface area contributed by atoms with Gasteiger partial charge in [0, 0.05) is 19.5 Å². The van der Waals surface area contributed by atoms with Crippen molar-refractivity contribution < 1.29 is 22.7 Å². The highest BCUT2D eigenvalue weighted by molar-refractivity contribution is 7.89. The van der Waals surface area contributed by atoms with Gasteiger partial charge in [0.05, 0.1) is 18.6 Å². The molecule has 1 N–H and O–H groups in total. The van der Waals surface area contributed by atoms with Crippen molar-refractivity contribution in [1.29, 1.82) is 0 Å². The third-order valence-corrected chi connectivity index (χ3v) is 7.18. The molecular formula is C23H30N2O5S. The van der Waals surface area contributed by atoms with Crippen LogP contribution in [0, 0.1) is 0 Å². The van der Waals surface area contributed by atoms with E-state index >= 15 is 0 Å². The van der Waals surface area contributed by atoms with Gasteiger partial charge in [0.15, 0.2) is 0 Å². The fourth-order valence-electron chi connectivity index (χ4n) is 3.46. The first-order valence-corrected chi connectivity index (χ1v) is 12.1. The van der Waals surface area contributed by atoms with Crippen LogP contribution in [-0.2, 0) is 21.2 Å². The number of carbonyl (C=O) groups is 1. The summed E-state index contributed by atoms with van der Waals surface area (Å²) in [5, 5.41) is 2.83. The number of sulfonamides is 1. The van der Waals surface area contributed by atoms with Crippen molar-refractivity contribution in [3.05, 3.63) is 54.1 Å². The Balaban J connectivity index is 1.37. The van der Waals surface area contributed by atoms with Crippen LogP contribution in [0.5, 0.6) is 11.5 Å². The largest absolute Gasteiger partial charge is 0.497 e. The Hall–Kier alpha value is -2.58. The first-order chi connectivity index (χ1) is 15.0. The molecule has 7 nitrogen and oxygen atoms in total. The highest BCUT2D eigenvalue weighted by Gasteiger charge is 2.25. The molecule has 2 aromatic carbocycles. The van der Waals surface area contributed by atoms with Crippen molar-refractivity contribution in [1.82, 2.24) is 9.62 Å². The summed E-state index contributed by atoms with van der Waals surface area (Å²) in [6.45, 7) is 1.86. The molecule has 1 aliphatic rings. The van der Waals surface area contributed by atoms with Crippen LogP contribution in [0.1, 0.15) is 31.2 Å². The normalized spacial score (nSPS) is 14.7. The van der Waals surface area contributed by atoms with E-state index in [0.717, 1.165) is 30.6 Å². The van der Waals surface area contributed by atoms with Crippen molar-refractivity contribution in [3.8, 4) is 11.5 Å². The maximum Gasteiger partial charge on any atom is 0.243 e. The minimum atomic E-state index is -3.43. The fraction of sp³-hybridized carbons (Fsp3) is 0.435. The molecule has 1 fully saturated rings. The number of hydrogen-bond donors (Lipinski definition) is 1. The summed E-state index contributed by atoms with van der Waals surface area (Å²) >= 11 is 0. The fourth-order valence-corrected chi connectivity index (χ4v) is 4.98. The molecule has 2 aromatic rings. The Morgan fingerprint density at radius 1 is 0.968 bits per heavy atom. The molecule has 0 atom stereocenters. The number of carbonyl (C=O) groups excluding carboxylic acids is 1. The van der Waals surface area contributed by atoms with E-state index in [1.807, 2.05) is 24.3 Å². The van der Waals surface area contributed by atoms with Crippen LogP contribution in [0.2, 0.25) is 0 Å². The first kappa shape index (κ1) is 23.1. The molecule has 0 radical (unpaired) electrons. The van der Waals surface area contributed by atoms with Gasteiger partial charge in [-0.3, -0.25) is 4.79 Å². The zero-order valence-corrected chi connectivity index (χ0v) is 18.7. The van der Waals surface area contributed by atoms with Crippen LogP contribution in [0.15, 0.2) is 53.4 Å². The molecule has 0 bridgehead atoms. The Kier molecular flexibility index (Phi) is 8.31. The van der Waals surface area contributed by atoms with E-state index < -0.39 is 10.0 Å². The summed E-state index contributed by atoms with van der Waals surface area (Å²) in [5.74, 6) is 1.33. The Bertz CT molecular complexity index is 937. The van der Waals surface area contributed by atoms with Crippen molar-refractivity contribution in [2.75, 3.05) is 33.4 Å².